The second-order valence-corrected chi connectivity index (χ2v) is 3.30. The molecule has 0 amide bonds. The molecule has 0 saturated heterocycles. The number of benzene rings is 1. The first-order valence-corrected chi connectivity index (χ1v) is 5.20. The van der Waals surface area contributed by atoms with E-state index in [-0.39, 0.29) is 5.82 Å². The molecule has 0 aliphatic rings. The summed E-state index contributed by atoms with van der Waals surface area (Å²) in [4.78, 5) is 0. The topological polar surface area (TPSA) is 13.1 Å². The van der Waals surface area contributed by atoms with E-state index in [9.17, 15) is 4.39 Å². The maximum atomic E-state index is 13.0. The van der Waals surface area contributed by atoms with E-state index < -0.39 is 0 Å². The predicted octanol–water partition coefficient (Wildman–Crippen LogP) is 3.41. The second-order valence-electron chi connectivity index (χ2n) is 2.73. The summed E-state index contributed by atoms with van der Waals surface area (Å²) in [5, 5.41) is 0.847. The van der Waals surface area contributed by atoms with Crippen LogP contribution in [-0.2, 0) is 0 Å². The summed E-state index contributed by atoms with van der Waals surface area (Å²) in [7, 11) is 2.45. The lowest BCUT2D eigenvalue weighted by molar-refractivity contribution is 0.617. The molecule has 2 aromatic rings. The number of rotatable bonds is 0. The fourth-order valence-electron chi connectivity index (χ4n) is 1.24. The molecule has 0 radical (unpaired) electrons. The van der Waals surface area contributed by atoms with Gasteiger partial charge in [0.05, 0.1) is 0 Å². The highest BCUT2D eigenvalue weighted by Gasteiger charge is 2.06. The molecule has 76 valence electrons. The van der Waals surface area contributed by atoms with Crippen LogP contribution in [0.2, 0.25) is 0 Å². The molecule has 1 aromatic carbocycles. The highest BCUT2D eigenvalue weighted by molar-refractivity contribution is 7.26. The average Bonchev–Trinajstić information content (AvgIpc) is 2.57. The molecule has 1 nitrogen and oxygen atoms in total. The maximum absolute atomic E-state index is 13.0. The zero-order chi connectivity index (χ0) is 10.7. The quantitative estimate of drug-likeness (QED) is 0.610. The van der Waals surface area contributed by atoms with Gasteiger partial charge in [-0.3, -0.25) is 0 Å². The van der Waals surface area contributed by atoms with E-state index in [1.54, 1.807) is 13.0 Å². The Morgan fingerprint density at radius 3 is 2.57 bits per heavy atom. The molecule has 1 unspecified atom stereocenters. The lowest BCUT2D eigenvalue weighted by Crippen LogP contribution is -1.80. The van der Waals surface area contributed by atoms with Gasteiger partial charge in [0.1, 0.15) is 16.9 Å². The van der Waals surface area contributed by atoms with Crippen LogP contribution in [-0.4, -0.2) is 0 Å². The maximum Gasteiger partial charge on any atom is 0.135 e. The van der Waals surface area contributed by atoms with Crippen molar-refractivity contribution in [1.82, 2.24) is 0 Å². The minimum absolute atomic E-state index is 0.187. The zero-order valence-electron chi connectivity index (χ0n) is 8.60. The van der Waals surface area contributed by atoms with Crippen LogP contribution < -0.4 is 5.50 Å². The molecule has 0 aliphatic carbocycles. The Kier molecular flexibility index (Phi) is 3.65. The Morgan fingerprint density at radius 2 is 1.93 bits per heavy atom. The van der Waals surface area contributed by atoms with Gasteiger partial charge in [0.2, 0.25) is 0 Å². The monoisotopic (exact) mass is 212 g/mol. The number of hydrogen-bond acceptors (Lipinski definition) is 1. The molecule has 0 saturated carbocycles. The van der Waals surface area contributed by atoms with Crippen molar-refractivity contribution >= 4 is 25.7 Å². The summed E-state index contributed by atoms with van der Waals surface area (Å²) in [6, 6.07) is 4.88. The normalized spacial score (nSPS) is 9.79. The third-order valence-corrected chi connectivity index (χ3v) is 2.21. The van der Waals surface area contributed by atoms with E-state index in [0.717, 1.165) is 16.5 Å². The van der Waals surface area contributed by atoms with Gasteiger partial charge in [-0.1, -0.05) is 23.1 Å². The molecule has 0 N–H and O–H groups in total. The van der Waals surface area contributed by atoms with Gasteiger partial charge in [-0.2, -0.15) is 0 Å². The Balaban J connectivity index is 0.000000461. The SMILES string of the molecule is CC.Cc1c(F)ccc2oc(P)cc12. The number of hydrogen-bond donors (Lipinski definition) is 0. The van der Waals surface area contributed by atoms with E-state index in [1.807, 2.05) is 19.9 Å². The van der Waals surface area contributed by atoms with Gasteiger partial charge in [0.25, 0.3) is 0 Å². The summed E-state index contributed by atoms with van der Waals surface area (Å²) in [5.41, 5.74) is 2.11. The summed E-state index contributed by atoms with van der Waals surface area (Å²) >= 11 is 0. The van der Waals surface area contributed by atoms with Crippen molar-refractivity contribution in [2.24, 2.45) is 0 Å². The first kappa shape index (κ1) is 11.2. The van der Waals surface area contributed by atoms with Gasteiger partial charge in [-0.25, -0.2) is 4.39 Å². The molecule has 0 aliphatic heterocycles. The fraction of sp³-hybridized carbons (Fsp3) is 0.273. The molecule has 2 rings (SSSR count). The first-order valence-electron chi connectivity index (χ1n) is 4.62. The molecular formula is C11H14FOP. The van der Waals surface area contributed by atoms with Crippen molar-refractivity contribution in [3.05, 3.63) is 29.6 Å². The zero-order valence-corrected chi connectivity index (χ0v) is 9.75. The van der Waals surface area contributed by atoms with Crippen LogP contribution in [0.25, 0.3) is 11.0 Å². The smallest absolute Gasteiger partial charge is 0.135 e. The van der Waals surface area contributed by atoms with Crippen LogP contribution in [0.1, 0.15) is 19.4 Å². The van der Waals surface area contributed by atoms with Crippen molar-refractivity contribution in [3.8, 4) is 0 Å². The van der Waals surface area contributed by atoms with Crippen LogP contribution in [0, 0.1) is 12.7 Å². The molecule has 3 heteroatoms. The Hall–Kier alpha value is -0.880. The third-order valence-electron chi connectivity index (χ3n) is 1.92. The van der Waals surface area contributed by atoms with Crippen molar-refractivity contribution in [2.75, 3.05) is 0 Å². The van der Waals surface area contributed by atoms with Crippen molar-refractivity contribution < 1.29 is 8.81 Å². The fourth-order valence-corrected chi connectivity index (χ4v) is 1.54. The van der Waals surface area contributed by atoms with E-state index in [4.69, 9.17) is 4.42 Å². The molecule has 0 fully saturated rings. The number of aryl methyl sites for hydroxylation is 1. The Morgan fingerprint density at radius 1 is 1.29 bits per heavy atom. The van der Waals surface area contributed by atoms with Gasteiger partial charge in [0.15, 0.2) is 0 Å². The Labute approximate surface area is 85.5 Å². The Bertz CT molecular complexity index is 434. The summed E-state index contributed by atoms with van der Waals surface area (Å²) in [6.07, 6.45) is 0. The van der Waals surface area contributed by atoms with Gasteiger partial charge in [0, 0.05) is 5.39 Å². The molecule has 1 heterocycles. The highest BCUT2D eigenvalue weighted by Crippen LogP contribution is 2.21. The van der Waals surface area contributed by atoms with Gasteiger partial charge < -0.3 is 4.42 Å². The van der Waals surface area contributed by atoms with E-state index in [2.05, 4.69) is 9.24 Å². The van der Waals surface area contributed by atoms with E-state index >= 15 is 0 Å². The molecular weight excluding hydrogens is 198 g/mol. The average molecular weight is 212 g/mol. The molecule has 0 bridgehead atoms. The lowest BCUT2D eigenvalue weighted by atomic mass is 10.1. The van der Waals surface area contributed by atoms with E-state index in [0.29, 0.717) is 5.56 Å². The predicted molar refractivity (Wildman–Crippen MR) is 61.6 cm³/mol. The first-order chi connectivity index (χ1) is 6.68. The molecule has 0 spiro atoms. The largest absolute Gasteiger partial charge is 0.457 e. The molecule has 1 atom stereocenters. The lowest BCUT2D eigenvalue weighted by Gasteiger charge is -1.94. The van der Waals surface area contributed by atoms with Gasteiger partial charge >= 0.3 is 0 Å². The van der Waals surface area contributed by atoms with Gasteiger partial charge in [-0.05, 0) is 30.7 Å². The molecule has 14 heavy (non-hydrogen) atoms. The van der Waals surface area contributed by atoms with E-state index in [1.165, 1.54) is 6.07 Å². The minimum Gasteiger partial charge on any atom is -0.457 e. The highest BCUT2D eigenvalue weighted by atomic mass is 31.0. The summed E-state index contributed by atoms with van der Waals surface area (Å²) in [6.45, 7) is 5.75. The summed E-state index contributed by atoms with van der Waals surface area (Å²) in [5.74, 6) is -0.187. The standard InChI is InChI=1S/C9H8FOP.C2H6/c1-5-6-4-9(12)11-8(6)3-2-7(5)10;1-2/h2-4H,12H2,1H3;1-2H3. The number of halogens is 1. The number of fused-ring (bicyclic) bond motifs is 1. The van der Waals surface area contributed by atoms with Crippen LogP contribution in [0.4, 0.5) is 4.39 Å². The van der Waals surface area contributed by atoms with Gasteiger partial charge in [-0.15, -0.1) is 0 Å². The molecule has 1 aromatic heterocycles. The van der Waals surface area contributed by atoms with Crippen LogP contribution in [0.5, 0.6) is 0 Å². The van der Waals surface area contributed by atoms with Crippen LogP contribution in [0.15, 0.2) is 22.6 Å². The van der Waals surface area contributed by atoms with Crippen molar-refractivity contribution in [3.63, 3.8) is 0 Å². The minimum atomic E-state index is -0.187. The van der Waals surface area contributed by atoms with Crippen LogP contribution >= 0.6 is 9.24 Å². The van der Waals surface area contributed by atoms with Crippen molar-refractivity contribution in [1.29, 1.82) is 0 Å². The second kappa shape index (κ2) is 4.56. The summed E-state index contributed by atoms with van der Waals surface area (Å²) < 4.78 is 18.3. The van der Waals surface area contributed by atoms with Crippen molar-refractivity contribution in [2.45, 2.75) is 20.8 Å². The third kappa shape index (κ3) is 1.96. The van der Waals surface area contributed by atoms with Crippen LogP contribution in [0.3, 0.4) is 0 Å². The number of furan rings is 1.